The van der Waals surface area contributed by atoms with Crippen LogP contribution in [0.4, 0.5) is 0 Å². The van der Waals surface area contributed by atoms with E-state index in [1.165, 1.54) is 5.56 Å². The third-order valence-corrected chi connectivity index (χ3v) is 4.96. The second-order valence-electron chi connectivity index (χ2n) is 7.18. The van der Waals surface area contributed by atoms with Crippen molar-refractivity contribution < 1.29 is 10.2 Å². The molecule has 0 fully saturated rings. The summed E-state index contributed by atoms with van der Waals surface area (Å²) in [5.74, 6) is 0.642. The number of rotatable bonds is 1. The lowest BCUT2D eigenvalue weighted by molar-refractivity contribution is 0.354. The van der Waals surface area contributed by atoms with Gasteiger partial charge in [0, 0.05) is 23.0 Å². The standard InChI is InChI=1S/C21H21NO2/c1-21(2)11-17-15(8-10-20(24)18(17)12-22-21)14-7-9-19(23)16-6-4-3-5-13(14)16/h3-10,22-24H,11-12H2,1-2H3. The van der Waals surface area contributed by atoms with Gasteiger partial charge in [0.2, 0.25) is 0 Å². The second-order valence-corrected chi connectivity index (χ2v) is 7.18. The van der Waals surface area contributed by atoms with Crippen molar-refractivity contribution in [3.8, 4) is 22.6 Å². The SMILES string of the molecule is CC1(C)Cc2c(-c3ccc(O)c4ccccc34)ccc(O)c2CN1. The fraction of sp³-hybridized carbons (Fsp3) is 0.238. The number of nitrogens with one attached hydrogen (secondary N) is 1. The van der Waals surface area contributed by atoms with Crippen molar-refractivity contribution in [3.63, 3.8) is 0 Å². The predicted molar refractivity (Wildman–Crippen MR) is 97.3 cm³/mol. The van der Waals surface area contributed by atoms with Gasteiger partial charge in [-0.25, -0.2) is 0 Å². The number of aromatic hydroxyl groups is 2. The van der Waals surface area contributed by atoms with Gasteiger partial charge >= 0.3 is 0 Å². The van der Waals surface area contributed by atoms with Gasteiger partial charge in [-0.2, -0.15) is 0 Å². The van der Waals surface area contributed by atoms with Crippen LogP contribution in [0, 0.1) is 0 Å². The normalized spacial score (nSPS) is 16.1. The van der Waals surface area contributed by atoms with Crippen molar-refractivity contribution in [1.82, 2.24) is 5.32 Å². The lowest BCUT2D eigenvalue weighted by Gasteiger charge is -2.34. The molecule has 0 amide bonds. The molecule has 3 heteroatoms. The van der Waals surface area contributed by atoms with Crippen LogP contribution in [0.1, 0.15) is 25.0 Å². The van der Waals surface area contributed by atoms with E-state index in [9.17, 15) is 10.2 Å². The Morgan fingerprint density at radius 3 is 2.25 bits per heavy atom. The van der Waals surface area contributed by atoms with E-state index < -0.39 is 0 Å². The number of benzene rings is 3. The molecule has 3 N–H and O–H groups in total. The lowest BCUT2D eigenvalue weighted by atomic mass is 9.82. The maximum atomic E-state index is 10.3. The zero-order valence-electron chi connectivity index (χ0n) is 13.9. The molecular formula is C21H21NO2. The number of hydrogen-bond donors (Lipinski definition) is 3. The molecule has 122 valence electrons. The number of phenols is 2. The van der Waals surface area contributed by atoms with Gasteiger partial charge in [-0.3, -0.25) is 0 Å². The quantitative estimate of drug-likeness (QED) is 0.625. The molecule has 3 aromatic rings. The fourth-order valence-electron chi connectivity index (χ4n) is 3.68. The molecule has 4 rings (SSSR count). The van der Waals surface area contributed by atoms with Gasteiger partial charge in [0.05, 0.1) is 0 Å². The van der Waals surface area contributed by atoms with Crippen LogP contribution in [-0.4, -0.2) is 15.8 Å². The zero-order chi connectivity index (χ0) is 16.9. The van der Waals surface area contributed by atoms with Gasteiger partial charge in [-0.15, -0.1) is 0 Å². The largest absolute Gasteiger partial charge is 0.508 e. The first-order chi connectivity index (χ1) is 11.5. The smallest absolute Gasteiger partial charge is 0.123 e. The molecule has 0 spiro atoms. The topological polar surface area (TPSA) is 52.5 Å². The van der Waals surface area contributed by atoms with Crippen molar-refractivity contribution in [2.75, 3.05) is 0 Å². The summed E-state index contributed by atoms with van der Waals surface area (Å²) >= 11 is 0. The van der Waals surface area contributed by atoms with Crippen molar-refractivity contribution in [3.05, 3.63) is 59.7 Å². The van der Waals surface area contributed by atoms with Crippen LogP contribution in [0.15, 0.2) is 48.5 Å². The highest BCUT2D eigenvalue weighted by atomic mass is 16.3. The Hall–Kier alpha value is -2.52. The highest BCUT2D eigenvalue weighted by molar-refractivity contribution is 6.00. The van der Waals surface area contributed by atoms with Gasteiger partial charge < -0.3 is 15.5 Å². The second kappa shape index (κ2) is 5.25. The van der Waals surface area contributed by atoms with E-state index in [1.807, 2.05) is 36.4 Å². The van der Waals surface area contributed by atoms with Gasteiger partial charge in [0.15, 0.2) is 0 Å². The molecule has 3 nitrogen and oxygen atoms in total. The summed E-state index contributed by atoms with van der Waals surface area (Å²) < 4.78 is 0. The van der Waals surface area contributed by atoms with Gasteiger partial charge in [-0.05, 0) is 54.5 Å². The lowest BCUT2D eigenvalue weighted by Crippen LogP contribution is -2.44. The summed E-state index contributed by atoms with van der Waals surface area (Å²) in [5, 5.41) is 25.8. The molecule has 0 radical (unpaired) electrons. The predicted octanol–water partition coefficient (Wildman–Crippen LogP) is 4.34. The maximum Gasteiger partial charge on any atom is 0.123 e. The van der Waals surface area contributed by atoms with Gasteiger partial charge in [-0.1, -0.05) is 36.4 Å². The summed E-state index contributed by atoms with van der Waals surface area (Å²) in [6, 6.07) is 15.4. The third-order valence-electron chi connectivity index (χ3n) is 4.96. The first-order valence-corrected chi connectivity index (χ1v) is 8.26. The Balaban J connectivity index is 2.01. The molecule has 0 unspecified atom stereocenters. The zero-order valence-corrected chi connectivity index (χ0v) is 13.9. The van der Waals surface area contributed by atoms with E-state index in [-0.39, 0.29) is 5.54 Å². The molecule has 3 aromatic carbocycles. The Morgan fingerprint density at radius 2 is 1.46 bits per heavy atom. The molecule has 0 atom stereocenters. The Morgan fingerprint density at radius 1 is 0.792 bits per heavy atom. The molecule has 1 heterocycles. The van der Waals surface area contributed by atoms with Crippen LogP contribution in [-0.2, 0) is 13.0 Å². The molecule has 0 aliphatic carbocycles. The summed E-state index contributed by atoms with van der Waals surface area (Å²) in [4.78, 5) is 0. The van der Waals surface area contributed by atoms with E-state index in [2.05, 4.69) is 19.2 Å². The van der Waals surface area contributed by atoms with Gasteiger partial charge in [0.25, 0.3) is 0 Å². The maximum absolute atomic E-state index is 10.3. The highest BCUT2D eigenvalue weighted by Crippen LogP contribution is 2.40. The highest BCUT2D eigenvalue weighted by Gasteiger charge is 2.28. The molecule has 0 saturated carbocycles. The van der Waals surface area contributed by atoms with Crippen molar-refractivity contribution in [2.45, 2.75) is 32.4 Å². The molecule has 0 aromatic heterocycles. The van der Waals surface area contributed by atoms with Gasteiger partial charge in [0.1, 0.15) is 11.5 Å². The first-order valence-electron chi connectivity index (χ1n) is 8.26. The van der Waals surface area contributed by atoms with E-state index in [1.54, 1.807) is 12.1 Å². The van der Waals surface area contributed by atoms with Crippen LogP contribution in [0.3, 0.4) is 0 Å². The molecule has 0 saturated heterocycles. The molecule has 24 heavy (non-hydrogen) atoms. The van der Waals surface area contributed by atoms with Crippen molar-refractivity contribution >= 4 is 10.8 Å². The Labute approximate surface area is 141 Å². The summed E-state index contributed by atoms with van der Waals surface area (Å²) in [6.07, 6.45) is 0.848. The van der Waals surface area contributed by atoms with Crippen LogP contribution in [0.2, 0.25) is 0 Å². The van der Waals surface area contributed by atoms with Crippen LogP contribution >= 0.6 is 0 Å². The molecule has 1 aliphatic rings. The van der Waals surface area contributed by atoms with E-state index in [4.69, 9.17) is 0 Å². The Bertz CT molecular complexity index is 944. The average Bonchev–Trinajstić information content (AvgIpc) is 2.56. The van der Waals surface area contributed by atoms with Crippen molar-refractivity contribution in [2.24, 2.45) is 0 Å². The average molecular weight is 319 g/mol. The van der Waals surface area contributed by atoms with E-state index in [0.29, 0.717) is 18.0 Å². The number of fused-ring (bicyclic) bond motifs is 2. The first kappa shape index (κ1) is 15.0. The number of phenolic OH excluding ortho intramolecular Hbond substituents is 2. The minimum atomic E-state index is -0.0116. The fourth-order valence-corrected chi connectivity index (χ4v) is 3.68. The summed E-state index contributed by atoms with van der Waals surface area (Å²) in [7, 11) is 0. The monoisotopic (exact) mass is 319 g/mol. The molecule has 0 bridgehead atoms. The Kier molecular flexibility index (Phi) is 3.29. The molecular weight excluding hydrogens is 298 g/mol. The third kappa shape index (κ3) is 2.33. The van der Waals surface area contributed by atoms with Crippen molar-refractivity contribution in [1.29, 1.82) is 0 Å². The minimum absolute atomic E-state index is 0.0116. The minimum Gasteiger partial charge on any atom is -0.508 e. The summed E-state index contributed by atoms with van der Waals surface area (Å²) in [5.41, 5.74) is 4.38. The summed E-state index contributed by atoms with van der Waals surface area (Å²) in [6.45, 7) is 5.02. The number of hydrogen-bond acceptors (Lipinski definition) is 3. The van der Waals surface area contributed by atoms with Crippen LogP contribution in [0.5, 0.6) is 11.5 Å². The van der Waals surface area contributed by atoms with Crippen LogP contribution < -0.4 is 5.32 Å². The molecule has 1 aliphatic heterocycles. The van der Waals surface area contributed by atoms with Crippen LogP contribution in [0.25, 0.3) is 21.9 Å². The van der Waals surface area contributed by atoms with E-state index >= 15 is 0 Å². The van der Waals surface area contributed by atoms with E-state index in [0.717, 1.165) is 33.9 Å².